The molecule has 18 nitrogen and oxygen atoms in total. The van der Waals surface area contributed by atoms with E-state index < -0.39 is 20.0 Å². The van der Waals surface area contributed by atoms with Gasteiger partial charge in [0.15, 0.2) is 0 Å². The maximum atomic E-state index is 13.3. The zero-order valence-corrected chi connectivity index (χ0v) is 52.8. The molecule has 0 aliphatic heterocycles. The number of nitrogens with zero attached hydrogens (tertiary/aromatic N) is 4. The van der Waals surface area contributed by atoms with Gasteiger partial charge in [0.25, 0.3) is 0 Å². The van der Waals surface area contributed by atoms with E-state index in [9.17, 15) is 26.4 Å². The lowest BCUT2D eigenvalue weighted by molar-refractivity contribution is 0.108. The number of sulfonamides is 2. The molecule has 0 unspecified atom stereocenters. The van der Waals surface area contributed by atoms with Crippen LogP contribution in [0.2, 0.25) is 0 Å². The van der Waals surface area contributed by atoms with Crippen molar-refractivity contribution in [2.24, 2.45) is 0 Å². The fraction of sp³-hybridized carbons (Fsp3) is 0.483. The van der Waals surface area contributed by atoms with Gasteiger partial charge in [-0.05, 0) is 151 Å². The number of carbonyl (C=O) groups is 2. The second-order valence-corrected chi connectivity index (χ2v) is 27.7. The van der Waals surface area contributed by atoms with Gasteiger partial charge in [0, 0.05) is 83.1 Å². The van der Waals surface area contributed by atoms with Crippen molar-refractivity contribution in [3.05, 3.63) is 111 Å². The molecule has 2 amide bonds. The standard InChI is InChI=1S/C29H39N5O4S2.C21H28BrN3O4S2.C8H12N2/c1-6-32-40(36,37)26-16-23(33-27-15-21(18(2)3)13-14-30-27)11-12-24(26)25-17-31-28(39-25)20-7-9-22(10-8-20)34-29(35)38-19(4)5;1-4-24-31(27,28)19-11-15(22)7-10-17(19)18-12-23-20(30-18)14-5-8-16(9-6-14)25-21(26)29-13(2)3;1-6(2)7-3-4-10-8(9)5-7/h11-20,22,32H,6-10H2,1-5H3,(H,30,33)(H,34,35);7,10-14,16,24H,4-6,8-9H2,1-3H3,(H,25,26);3-6H,1-2H3,(H2,9,10). The highest BCUT2D eigenvalue weighted by Gasteiger charge is 2.30. The Bertz CT molecular complexity index is 3250. The van der Waals surface area contributed by atoms with Gasteiger partial charge in [0.05, 0.1) is 41.8 Å². The summed E-state index contributed by atoms with van der Waals surface area (Å²) in [5.74, 6) is 2.72. The van der Waals surface area contributed by atoms with E-state index in [1.165, 1.54) is 28.2 Å². The average molecular weight is 1250 g/mol. The number of hydrogen-bond acceptors (Lipinski definition) is 16. The van der Waals surface area contributed by atoms with Gasteiger partial charge in [-0.1, -0.05) is 69.6 Å². The number of rotatable bonds is 18. The minimum Gasteiger partial charge on any atom is -0.447 e. The number of benzene rings is 2. The second-order valence-electron chi connectivity index (χ2n) is 21.2. The number of thiazole rings is 2. The van der Waals surface area contributed by atoms with Crippen molar-refractivity contribution in [1.82, 2.24) is 40.0 Å². The van der Waals surface area contributed by atoms with E-state index in [0.717, 1.165) is 76.7 Å². The molecule has 23 heteroatoms. The summed E-state index contributed by atoms with van der Waals surface area (Å²) in [5, 5.41) is 11.2. The number of amides is 2. The normalized spacial score (nSPS) is 17.4. The van der Waals surface area contributed by atoms with Crippen LogP contribution in [0.1, 0.15) is 165 Å². The van der Waals surface area contributed by atoms with E-state index in [2.05, 4.69) is 84.0 Å². The number of nitrogens with two attached hydrogens (primary N) is 1. The fourth-order valence-electron chi connectivity index (χ4n) is 9.33. The molecule has 0 spiro atoms. The SMILES string of the molecule is CC(C)c1ccnc(N)c1.CCNS(=O)(=O)c1cc(Br)ccc1-c1cnc(C2CCC(NC(=O)OC(C)C)CC2)s1.CCNS(=O)(=O)c1cc(Nc2cc(C(C)C)ccn2)ccc1-c1cnc(C2CCC(NC(=O)OC(C)C)CC2)s1. The predicted octanol–water partition coefficient (Wildman–Crippen LogP) is 13.3. The number of anilines is 3. The highest BCUT2D eigenvalue weighted by atomic mass is 79.9. The smallest absolute Gasteiger partial charge is 0.407 e. The van der Waals surface area contributed by atoms with Crippen molar-refractivity contribution < 1.29 is 35.9 Å². The zero-order valence-electron chi connectivity index (χ0n) is 47.9. The van der Waals surface area contributed by atoms with Crippen LogP contribution < -0.4 is 31.1 Å². The van der Waals surface area contributed by atoms with Crippen LogP contribution in [-0.4, -0.2) is 86.3 Å². The van der Waals surface area contributed by atoms with Crippen LogP contribution in [0.3, 0.4) is 0 Å². The van der Waals surface area contributed by atoms with E-state index in [-0.39, 0.29) is 58.7 Å². The van der Waals surface area contributed by atoms with Crippen molar-refractivity contribution >= 4 is 88.2 Å². The second kappa shape index (κ2) is 30.1. The molecule has 2 aliphatic rings. The first-order valence-corrected chi connectivity index (χ1v) is 33.1. The molecule has 0 saturated heterocycles. The van der Waals surface area contributed by atoms with Crippen LogP contribution in [0.25, 0.3) is 20.9 Å². The summed E-state index contributed by atoms with van der Waals surface area (Å²) in [4.78, 5) is 43.5. The van der Waals surface area contributed by atoms with E-state index >= 15 is 0 Å². The molecular weight excluding hydrogens is 1170 g/mol. The van der Waals surface area contributed by atoms with Gasteiger partial charge in [0.1, 0.15) is 11.6 Å². The third kappa shape index (κ3) is 19.3. The van der Waals surface area contributed by atoms with Gasteiger partial charge in [-0.15, -0.1) is 22.7 Å². The monoisotopic (exact) mass is 1250 g/mol. The maximum absolute atomic E-state index is 13.3. The first-order valence-electron chi connectivity index (χ1n) is 27.7. The summed E-state index contributed by atoms with van der Waals surface area (Å²) in [6.45, 7) is 20.0. The van der Waals surface area contributed by atoms with Gasteiger partial charge in [-0.3, -0.25) is 0 Å². The van der Waals surface area contributed by atoms with Crippen LogP contribution in [0.15, 0.2) is 99.7 Å². The van der Waals surface area contributed by atoms with Crippen LogP contribution >= 0.6 is 38.6 Å². The molecule has 2 fully saturated rings. The maximum Gasteiger partial charge on any atom is 0.407 e. The average Bonchev–Trinajstić information content (AvgIpc) is 4.33. The molecular formula is C58H79BrN10O8S4. The lowest BCUT2D eigenvalue weighted by Gasteiger charge is -2.28. The Balaban J connectivity index is 0.000000227. The Morgan fingerprint density at radius 1 is 0.605 bits per heavy atom. The summed E-state index contributed by atoms with van der Waals surface area (Å²) in [7, 11) is -7.36. The third-order valence-electron chi connectivity index (χ3n) is 13.4. The van der Waals surface area contributed by atoms with Gasteiger partial charge < -0.3 is 31.2 Å². The van der Waals surface area contributed by atoms with E-state index in [4.69, 9.17) is 20.2 Å². The number of aromatic nitrogens is 4. The number of ether oxygens (including phenoxy) is 2. The zero-order chi connectivity index (χ0) is 59.0. The van der Waals surface area contributed by atoms with Crippen molar-refractivity contribution in [2.45, 2.75) is 178 Å². The summed E-state index contributed by atoms with van der Waals surface area (Å²) in [6, 6.07) is 18.7. The van der Waals surface area contributed by atoms with Gasteiger partial charge >= 0.3 is 12.2 Å². The van der Waals surface area contributed by atoms with Gasteiger partial charge in [-0.25, -0.2) is 55.8 Å². The molecule has 6 aromatic rings. The molecule has 2 saturated carbocycles. The van der Waals surface area contributed by atoms with Crippen molar-refractivity contribution in [3.63, 3.8) is 0 Å². The Labute approximate surface area is 495 Å². The van der Waals surface area contributed by atoms with Crippen LogP contribution in [0.5, 0.6) is 0 Å². The predicted molar refractivity (Wildman–Crippen MR) is 328 cm³/mol. The molecule has 7 N–H and O–H groups in total. The molecule has 0 radical (unpaired) electrons. The fourth-order valence-corrected chi connectivity index (χ4v) is 14.8. The minimum absolute atomic E-state index is 0.0922. The number of carbonyl (C=O) groups excluding carboxylic acids is 2. The number of halogens is 1. The van der Waals surface area contributed by atoms with Crippen LogP contribution in [0, 0.1) is 0 Å². The molecule has 2 aromatic carbocycles. The van der Waals surface area contributed by atoms with E-state index in [0.29, 0.717) is 57.2 Å². The topological polar surface area (TPSA) is 259 Å². The quantitative estimate of drug-likeness (QED) is 0.0468. The highest BCUT2D eigenvalue weighted by Crippen LogP contribution is 2.42. The highest BCUT2D eigenvalue weighted by molar-refractivity contribution is 9.10. The summed E-state index contributed by atoms with van der Waals surface area (Å²) in [6.07, 6.45) is 13.1. The molecule has 0 bridgehead atoms. The Morgan fingerprint density at radius 2 is 1.05 bits per heavy atom. The summed E-state index contributed by atoms with van der Waals surface area (Å²) < 4.78 is 68.2. The lowest BCUT2D eigenvalue weighted by Crippen LogP contribution is -2.38. The van der Waals surface area contributed by atoms with Gasteiger partial charge in [0.2, 0.25) is 20.0 Å². The number of alkyl carbamates (subject to hydrolysis) is 2. The summed E-state index contributed by atoms with van der Waals surface area (Å²) in [5.41, 5.74) is 9.78. The molecule has 440 valence electrons. The number of hydrogen-bond donors (Lipinski definition) is 6. The Kier molecular flexibility index (Phi) is 24.0. The van der Waals surface area contributed by atoms with E-state index in [1.807, 2.05) is 76.2 Å². The van der Waals surface area contributed by atoms with Crippen molar-refractivity contribution in [3.8, 4) is 20.9 Å². The first-order chi connectivity index (χ1) is 38.4. The Morgan fingerprint density at radius 3 is 1.48 bits per heavy atom. The number of nitrogens with one attached hydrogen (secondary N) is 5. The van der Waals surface area contributed by atoms with Gasteiger partial charge in [-0.2, -0.15) is 0 Å². The molecule has 81 heavy (non-hydrogen) atoms. The molecule has 0 atom stereocenters. The molecule has 2 aliphatic carbocycles. The molecule has 4 heterocycles. The minimum atomic E-state index is -3.75. The van der Waals surface area contributed by atoms with Crippen molar-refractivity contribution in [2.75, 3.05) is 24.1 Å². The number of nitrogen functional groups attached to an aromatic ring is 1. The van der Waals surface area contributed by atoms with Crippen LogP contribution in [0.4, 0.5) is 26.9 Å². The third-order valence-corrected chi connectivity index (χ3v) is 19.5. The first kappa shape index (κ1) is 64.6. The number of pyridine rings is 2. The molecule has 4 aromatic heterocycles. The lowest BCUT2D eigenvalue weighted by atomic mass is 9.86. The van der Waals surface area contributed by atoms with Crippen molar-refractivity contribution in [1.29, 1.82) is 0 Å². The summed E-state index contributed by atoms with van der Waals surface area (Å²) >= 11 is 6.44. The van der Waals surface area contributed by atoms with Crippen LogP contribution in [-0.2, 0) is 29.5 Å². The Hall–Kier alpha value is -5.56. The largest absolute Gasteiger partial charge is 0.447 e. The molecule has 8 rings (SSSR count). The van der Waals surface area contributed by atoms with E-state index in [1.54, 1.807) is 50.8 Å².